The molecule has 1 saturated carbocycles. The van der Waals surface area contributed by atoms with Crippen molar-refractivity contribution >= 4 is 0 Å². The van der Waals surface area contributed by atoms with Gasteiger partial charge in [0.15, 0.2) is 0 Å². The monoisotopic (exact) mass is 289 g/mol. The van der Waals surface area contributed by atoms with E-state index in [1.807, 2.05) is 12.4 Å². The Morgan fingerprint density at radius 1 is 1.10 bits per heavy atom. The van der Waals surface area contributed by atoms with Crippen LogP contribution in [0.2, 0.25) is 0 Å². The molecule has 1 aromatic rings. The molecule has 1 N–H and O–H groups in total. The first-order chi connectivity index (χ1) is 10.3. The Morgan fingerprint density at radius 2 is 1.81 bits per heavy atom. The van der Waals surface area contributed by atoms with Gasteiger partial charge in [0.2, 0.25) is 0 Å². The topological polar surface area (TPSA) is 28.2 Å². The van der Waals surface area contributed by atoms with Crippen LogP contribution in [-0.2, 0) is 6.54 Å². The second-order valence-electron chi connectivity index (χ2n) is 6.14. The number of nitrogens with zero attached hydrogens (tertiary/aromatic N) is 2. The molecule has 1 aromatic heterocycles. The molecule has 0 radical (unpaired) electrons. The fourth-order valence-electron chi connectivity index (χ4n) is 3.59. The third-order valence-corrected chi connectivity index (χ3v) is 4.71. The van der Waals surface area contributed by atoms with Crippen LogP contribution in [0, 0.1) is 0 Å². The molecule has 3 nitrogen and oxygen atoms in total. The van der Waals surface area contributed by atoms with Gasteiger partial charge in [-0.25, -0.2) is 0 Å². The largest absolute Gasteiger partial charge is 0.313 e. The molecule has 0 aliphatic heterocycles. The van der Waals surface area contributed by atoms with Crippen molar-refractivity contribution < 1.29 is 0 Å². The van der Waals surface area contributed by atoms with Crippen LogP contribution in [0.4, 0.5) is 0 Å². The maximum absolute atomic E-state index is 4.13. The van der Waals surface area contributed by atoms with Gasteiger partial charge >= 0.3 is 0 Å². The van der Waals surface area contributed by atoms with Crippen LogP contribution in [0.25, 0.3) is 0 Å². The van der Waals surface area contributed by atoms with Gasteiger partial charge in [-0.15, -0.1) is 0 Å². The minimum Gasteiger partial charge on any atom is -0.313 e. The Kier molecular flexibility index (Phi) is 7.17. The average molecular weight is 289 g/mol. The second kappa shape index (κ2) is 9.16. The van der Waals surface area contributed by atoms with Crippen LogP contribution < -0.4 is 5.32 Å². The zero-order valence-corrected chi connectivity index (χ0v) is 13.7. The van der Waals surface area contributed by atoms with E-state index in [1.165, 1.54) is 44.1 Å². The summed E-state index contributed by atoms with van der Waals surface area (Å²) in [4.78, 5) is 6.79. The number of likely N-dealkylation sites (N-methyl/N-ethyl adjacent to an activating group) is 2. The molecule has 1 fully saturated rings. The lowest BCUT2D eigenvalue weighted by molar-refractivity contribution is 0.132. The second-order valence-corrected chi connectivity index (χ2v) is 6.14. The molecule has 0 aromatic carbocycles. The van der Waals surface area contributed by atoms with Gasteiger partial charge in [0.05, 0.1) is 0 Å². The lowest BCUT2D eigenvalue weighted by Crippen LogP contribution is -2.50. The molecule has 21 heavy (non-hydrogen) atoms. The Bertz CT molecular complexity index is 379. The summed E-state index contributed by atoms with van der Waals surface area (Å²) < 4.78 is 0. The molecular formula is C18H31N3. The Morgan fingerprint density at radius 3 is 2.48 bits per heavy atom. The molecular weight excluding hydrogens is 258 g/mol. The molecule has 0 bridgehead atoms. The van der Waals surface area contributed by atoms with Crippen molar-refractivity contribution in [2.75, 3.05) is 13.1 Å². The summed E-state index contributed by atoms with van der Waals surface area (Å²) in [5.74, 6) is 0. The highest BCUT2D eigenvalue weighted by molar-refractivity contribution is 5.09. The number of pyridine rings is 1. The summed E-state index contributed by atoms with van der Waals surface area (Å²) in [5, 5.41) is 3.75. The van der Waals surface area contributed by atoms with Gasteiger partial charge in [-0.3, -0.25) is 9.88 Å². The highest BCUT2D eigenvalue weighted by Crippen LogP contribution is 2.23. The molecule has 0 spiro atoms. The standard InChI is InChI=1S/C18H31N3/c1-3-20-17-9-7-5-6-8-10-18(17)21(4-2)15-16-11-13-19-14-12-16/h11-14,17-18,20H,3-10,15H2,1-2H3. The van der Waals surface area contributed by atoms with E-state index in [4.69, 9.17) is 0 Å². The first-order valence-corrected chi connectivity index (χ1v) is 8.71. The lowest BCUT2D eigenvalue weighted by atomic mass is 9.90. The van der Waals surface area contributed by atoms with Crippen LogP contribution >= 0.6 is 0 Å². The summed E-state index contributed by atoms with van der Waals surface area (Å²) in [7, 11) is 0. The predicted octanol–water partition coefficient (Wildman–Crippen LogP) is 3.60. The van der Waals surface area contributed by atoms with Gasteiger partial charge in [0.1, 0.15) is 0 Å². The smallest absolute Gasteiger partial charge is 0.0271 e. The fourth-order valence-corrected chi connectivity index (χ4v) is 3.59. The van der Waals surface area contributed by atoms with E-state index >= 15 is 0 Å². The van der Waals surface area contributed by atoms with Gasteiger partial charge in [-0.2, -0.15) is 0 Å². The molecule has 1 heterocycles. The number of nitrogens with one attached hydrogen (secondary N) is 1. The summed E-state index contributed by atoms with van der Waals surface area (Å²) in [6.07, 6.45) is 12.0. The van der Waals surface area contributed by atoms with Crippen molar-refractivity contribution in [3.63, 3.8) is 0 Å². The maximum Gasteiger partial charge on any atom is 0.0271 e. The van der Waals surface area contributed by atoms with E-state index in [2.05, 4.69) is 41.2 Å². The summed E-state index contributed by atoms with van der Waals surface area (Å²) in [6, 6.07) is 5.61. The molecule has 2 rings (SSSR count). The minimum atomic E-state index is 0.650. The zero-order chi connectivity index (χ0) is 14.9. The highest BCUT2D eigenvalue weighted by atomic mass is 15.2. The Labute approximate surface area is 130 Å². The van der Waals surface area contributed by atoms with Crippen LogP contribution in [0.1, 0.15) is 57.9 Å². The first kappa shape index (κ1) is 16.4. The first-order valence-electron chi connectivity index (χ1n) is 8.71. The van der Waals surface area contributed by atoms with Crippen molar-refractivity contribution in [2.45, 2.75) is 71.0 Å². The van der Waals surface area contributed by atoms with E-state index in [0.717, 1.165) is 19.6 Å². The average Bonchev–Trinajstić information content (AvgIpc) is 2.50. The van der Waals surface area contributed by atoms with Crippen molar-refractivity contribution in [1.29, 1.82) is 0 Å². The zero-order valence-electron chi connectivity index (χ0n) is 13.7. The van der Waals surface area contributed by atoms with Crippen LogP contribution in [0.3, 0.4) is 0 Å². The molecule has 3 heteroatoms. The number of hydrogen-bond acceptors (Lipinski definition) is 3. The van der Waals surface area contributed by atoms with E-state index in [0.29, 0.717) is 12.1 Å². The molecule has 1 aliphatic rings. The molecule has 0 amide bonds. The SMILES string of the molecule is CCNC1CCCCCCC1N(CC)Cc1ccncc1. The van der Waals surface area contributed by atoms with Gasteiger partial charge < -0.3 is 5.32 Å². The number of aromatic nitrogens is 1. The fraction of sp³-hybridized carbons (Fsp3) is 0.722. The summed E-state index contributed by atoms with van der Waals surface area (Å²) in [6.45, 7) is 7.77. The molecule has 0 saturated heterocycles. The van der Waals surface area contributed by atoms with E-state index in [-0.39, 0.29) is 0 Å². The summed E-state index contributed by atoms with van der Waals surface area (Å²) >= 11 is 0. The minimum absolute atomic E-state index is 0.650. The van der Waals surface area contributed by atoms with Crippen LogP contribution in [0.5, 0.6) is 0 Å². The predicted molar refractivity (Wildman–Crippen MR) is 89.3 cm³/mol. The van der Waals surface area contributed by atoms with E-state index in [1.54, 1.807) is 0 Å². The maximum atomic E-state index is 4.13. The van der Waals surface area contributed by atoms with Crippen molar-refractivity contribution in [2.24, 2.45) is 0 Å². The third-order valence-electron chi connectivity index (χ3n) is 4.71. The van der Waals surface area contributed by atoms with Gasteiger partial charge in [-0.05, 0) is 43.6 Å². The van der Waals surface area contributed by atoms with Crippen molar-refractivity contribution in [3.05, 3.63) is 30.1 Å². The Hall–Kier alpha value is -0.930. The van der Waals surface area contributed by atoms with E-state index < -0.39 is 0 Å². The lowest BCUT2D eigenvalue weighted by Gasteiger charge is -2.38. The highest BCUT2D eigenvalue weighted by Gasteiger charge is 2.26. The molecule has 118 valence electrons. The van der Waals surface area contributed by atoms with Crippen molar-refractivity contribution in [3.8, 4) is 0 Å². The van der Waals surface area contributed by atoms with Gasteiger partial charge in [-0.1, -0.05) is 39.5 Å². The Balaban J connectivity index is 2.07. The molecule has 2 unspecified atom stereocenters. The molecule has 1 aliphatic carbocycles. The quantitative estimate of drug-likeness (QED) is 0.867. The van der Waals surface area contributed by atoms with Gasteiger partial charge in [0.25, 0.3) is 0 Å². The molecule has 2 atom stereocenters. The number of hydrogen-bond donors (Lipinski definition) is 1. The third kappa shape index (κ3) is 5.08. The summed E-state index contributed by atoms with van der Waals surface area (Å²) in [5.41, 5.74) is 1.38. The number of rotatable bonds is 6. The van der Waals surface area contributed by atoms with Crippen LogP contribution in [-0.4, -0.2) is 35.1 Å². The van der Waals surface area contributed by atoms with Crippen LogP contribution in [0.15, 0.2) is 24.5 Å². The normalized spacial score (nSPS) is 23.8. The van der Waals surface area contributed by atoms with Gasteiger partial charge in [0, 0.05) is 31.0 Å². The van der Waals surface area contributed by atoms with E-state index in [9.17, 15) is 0 Å². The van der Waals surface area contributed by atoms with Crippen molar-refractivity contribution in [1.82, 2.24) is 15.2 Å².